The van der Waals surface area contributed by atoms with E-state index in [-0.39, 0.29) is 6.61 Å². The molecule has 0 spiro atoms. The number of aryl methyl sites for hydroxylation is 1. The minimum atomic E-state index is -0.507. The van der Waals surface area contributed by atoms with Crippen LogP contribution in [0.15, 0.2) is 60.3 Å². The van der Waals surface area contributed by atoms with Gasteiger partial charge in [-0.1, -0.05) is 42.5 Å². The maximum atomic E-state index is 12.0. The number of ether oxygens (including phenoxy) is 2. The van der Waals surface area contributed by atoms with Crippen LogP contribution in [0, 0.1) is 6.92 Å². The first-order chi connectivity index (χ1) is 14.6. The molecule has 166 valence electrons. The molecule has 2 rings (SSSR count). The van der Waals surface area contributed by atoms with E-state index in [1.54, 1.807) is 0 Å². The lowest BCUT2D eigenvalue weighted by atomic mass is 10.1. The Bertz CT molecular complexity index is 915. The molecule has 0 saturated heterocycles. The molecular formula is C25H32N2O4. The Morgan fingerprint density at radius 2 is 1.74 bits per heavy atom. The Labute approximate surface area is 184 Å². The van der Waals surface area contributed by atoms with Crippen LogP contribution in [0.2, 0.25) is 0 Å². The van der Waals surface area contributed by atoms with Crippen LogP contribution in [0.5, 0.6) is 0 Å². The summed E-state index contributed by atoms with van der Waals surface area (Å²) in [5.41, 5.74) is 4.19. The van der Waals surface area contributed by atoms with Gasteiger partial charge in [0.15, 0.2) is 0 Å². The van der Waals surface area contributed by atoms with E-state index >= 15 is 0 Å². The number of carbonyl (C=O) groups excluding carboxylic acids is 2. The fourth-order valence-electron chi connectivity index (χ4n) is 2.84. The summed E-state index contributed by atoms with van der Waals surface area (Å²) < 4.78 is 10.5. The Morgan fingerprint density at radius 1 is 1.03 bits per heavy atom. The van der Waals surface area contributed by atoms with E-state index in [9.17, 15) is 9.59 Å². The predicted octanol–water partition coefficient (Wildman–Crippen LogP) is 5.12. The van der Waals surface area contributed by atoms with Gasteiger partial charge in [-0.25, -0.2) is 9.59 Å². The van der Waals surface area contributed by atoms with Gasteiger partial charge in [0, 0.05) is 24.0 Å². The zero-order chi connectivity index (χ0) is 22.9. The molecule has 0 aliphatic heterocycles. The molecule has 0 aromatic heterocycles. The summed E-state index contributed by atoms with van der Waals surface area (Å²) in [5.74, 6) is -0.392. The first kappa shape index (κ1) is 24.0. The third-order valence-corrected chi connectivity index (χ3v) is 4.26. The largest absolute Gasteiger partial charge is 0.458 e. The van der Waals surface area contributed by atoms with Crippen LogP contribution in [0.4, 0.5) is 10.5 Å². The lowest BCUT2D eigenvalue weighted by Crippen LogP contribution is -2.33. The van der Waals surface area contributed by atoms with E-state index in [0.717, 1.165) is 22.4 Å². The van der Waals surface area contributed by atoms with Gasteiger partial charge < -0.3 is 20.1 Å². The molecule has 0 atom stereocenters. The van der Waals surface area contributed by atoms with Crippen LogP contribution < -0.4 is 10.6 Å². The van der Waals surface area contributed by atoms with Crippen molar-refractivity contribution in [1.82, 2.24) is 5.32 Å². The van der Waals surface area contributed by atoms with Crippen molar-refractivity contribution in [2.75, 3.05) is 11.9 Å². The molecule has 2 aromatic rings. The number of alkyl carbamates (subject to hydrolysis) is 1. The third kappa shape index (κ3) is 9.38. The van der Waals surface area contributed by atoms with Gasteiger partial charge in [-0.2, -0.15) is 0 Å². The van der Waals surface area contributed by atoms with Crippen LogP contribution in [0.25, 0.3) is 0 Å². The van der Waals surface area contributed by atoms with Gasteiger partial charge in [0.05, 0.1) is 0 Å². The standard InChI is InChI=1S/C25H32N2O4/c1-18-15-20(13-14-26-24(29)31-25(3,4)5)11-12-22(18)27-19(2)16-23(28)30-17-21-9-7-6-8-10-21/h6-12,15-16,27H,13-14,17H2,1-5H3,(H,26,29). The summed E-state index contributed by atoms with van der Waals surface area (Å²) in [7, 11) is 0. The van der Waals surface area contributed by atoms with Crippen molar-refractivity contribution < 1.29 is 19.1 Å². The average molecular weight is 425 g/mol. The van der Waals surface area contributed by atoms with Gasteiger partial charge in [-0.3, -0.25) is 0 Å². The second-order valence-electron chi connectivity index (χ2n) is 8.37. The molecule has 2 N–H and O–H groups in total. The van der Waals surface area contributed by atoms with Crippen LogP contribution >= 0.6 is 0 Å². The van der Waals surface area contributed by atoms with E-state index in [1.165, 1.54) is 6.08 Å². The third-order valence-electron chi connectivity index (χ3n) is 4.26. The molecule has 0 aliphatic carbocycles. The molecule has 0 aliphatic rings. The monoisotopic (exact) mass is 424 g/mol. The highest BCUT2D eigenvalue weighted by Crippen LogP contribution is 2.19. The normalized spacial score (nSPS) is 11.6. The first-order valence-electron chi connectivity index (χ1n) is 10.3. The Morgan fingerprint density at radius 3 is 2.39 bits per heavy atom. The van der Waals surface area contributed by atoms with Gasteiger partial charge in [-0.05, 0) is 63.8 Å². The Balaban J connectivity index is 1.83. The molecule has 2 aromatic carbocycles. The smallest absolute Gasteiger partial charge is 0.407 e. The van der Waals surface area contributed by atoms with Crippen molar-refractivity contribution in [3.63, 3.8) is 0 Å². The summed E-state index contributed by atoms with van der Waals surface area (Å²) in [5, 5.41) is 6.00. The zero-order valence-electron chi connectivity index (χ0n) is 19.0. The second-order valence-corrected chi connectivity index (χ2v) is 8.37. The van der Waals surface area contributed by atoms with Crippen molar-refractivity contribution in [3.8, 4) is 0 Å². The van der Waals surface area contributed by atoms with Gasteiger partial charge in [-0.15, -0.1) is 0 Å². The van der Waals surface area contributed by atoms with E-state index in [0.29, 0.717) is 18.7 Å². The molecular weight excluding hydrogens is 392 g/mol. The maximum absolute atomic E-state index is 12.0. The number of amides is 1. The summed E-state index contributed by atoms with van der Waals surface area (Å²) >= 11 is 0. The predicted molar refractivity (Wildman–Crippen MR) is 123 cm³/mol. The molecule has 0 heterocycles. The molecule has 0 saturated carbocycles. The number of hydrogen-bond acceptors (Lipinski definition) is 5. The molecule has 31 heavy (non-hydrogen) atoms. The highest BCUT2D eigenvalue weighted by atomic mass is 16.6. The number of nitrogens with one attached hydrogen (secondary N) is 2. The molecule has 1 amide bonds. The van der Waals surface area contributed by atoms with Crippen LogP contribution in [-0.4, -0.2) is 24.2 Å². The summed E-state index contributed by atoms with van der Waals surface area (Å²) in [6.07, 6.45) is 1.73. The number of hydrogen-bond donors (Lipinski definition) is 2. The van der Waals surface area contributed by atoms with E-state index in [2.05, 4.69) is 16.7 Å². The number of benzene rings is 2. The number of carbonyl (C=O) groups is 2. The number of anilines is 1. The summed E-state index contributed by atoms with van der Waals surface area (Å²) in [6, 6.07) is 15.6. The van der Waals surface area contributed by atoms with E-state index in [4.69, 9.17) is 9.47 Å². The molecule has 0 unspecified atom stereocenters. The molecule has 6 heteroatoms. The second kappa shape index (κ2) is 11.2. The summed E-state index contributed by atoms with van der Waals surface area (Å²) in [6.45, 7) is 10.1. The average Bonchev–Trinajstić information content (AvgIpc) is 2.68. The SMILES string of the molecule is CC(=CC(=O)OCc1ccccc1)Nc1ccc(CCNC(=O)OC(C)(C)C)cc1C. The van der Waals surface area contributed by atoms with Gasteiger partial charge >= 0.3 is 12.1 Å². The Kier molecular flexibility index (Phi) is 8.67. The van der Waals surface area contributed by atoms with Crippen molar-refractivity contribution in [3.05, 3.63) is 77.0 Å². The quantitative estimate of drug-likeness (QED) is 0.454. The van der Waals surface area contributed by atoms with Crippen LogP contribution in [-0.2, 0) is 27.3 Å². The van der Waals surface area contributed by atoms with Crippen LogP contribution in [0.3, 0.4) is 0 Å². The van der Waals surface area contributed by atoms with E-state index in [1.807, 2.05) is 77.1 Å². The van der Waals surface area contributed by atoms with E-state index < -0.39 is 17.7 Å². The zero-order valence-corrected chi connectivity index (χ0v) is 19.0. The highest BCUT2D eigenvalue weighted by Gasteiger charge is 2.15. The fraction of sp³-hybridized carbons (Fsp3) is 0.360. The van der Waals surface area contributed by atoms with Crippen molar-refractivity contribution in [1.29, 1.82) is 0 Å². The minimum absolute atomic E-state index is 0.245. The minimum Gasteiger partial charge on any atom is -0.458 e. The highest BCUT2D eigenvalue weighted by molar-refractivity contribution is 5.83. The maximum Gasteiger partial charge on any atom is 0.407 e. The number of esters is 1. The van der Waals surface area contributed by atoms with Crippen LogP contribution in [0.1, 0.15) is 44.4 Å². The molecule has 6 nitrogen and oxygen atoms in total. The molecule has 0 radical (unpaired) electrons. The van der Waals surface area contributed by atoms with Crippen molar-refractivity contribution in [2.45, 2.75) is 53.2 Å². The van der Waals surface area contributed by atoms with Crippen molar-refractivity contribution >= 4 is 17.7 Å². The van der Waals surface area contributed by atoms with Gasteiger partial charge in [0.25, 0.3) is 0 Å². The molecule has 0 bridgehead atoms. The topological polar surface area (TPSA) is 76.7 Å². The lowest BCUT2D eigenvalue weighted by molar-refractivity contribution is -0.139. The summed E-state index contributed by atoms with van der Waals surface area (Å²) in [4.78, 5) is 23.8. The first-order valence-corrected chi connectivity index (χ1v) is 10.3. The molecule has 0 fully saturated rings. The van der Waals surface area contributed by atoms with Gasteiger partial charge in [0.2, 0.25) is 0 Å². The fourth-order valence-corrected chi connectivity index (χ4v) is 2.84. The van der Waals surface area contributed by atoms with Gasteiger partial charge in [0.1, 0.15) is 12.2 Å². The van der Waals surface area contributed by atoms with Crippen molar-refractivity contribution in [2.24, 2.45) is 0 Å². The number of rotatable bonds is 8. The number of allylic oxidation sites excluding steroid dienone is 1. The Hall–Kier alpha value is -3.28. The lowest BCUT2D eigenvalue weighted by Gasteiger charge is -2.19.